The van der Waals surface area contributed by atoms with Gasteiger partial charge in [-0.05, 0) is 62.0 Å². The van der Waals surface area contributed by atoms with Crippen LogP contribution in [0.3, 0.4) is 0 Å². The Hall–Kier alpha value is -2.36. The molecular weight excluding hydrogens is 364 g/mol. The molecule has 2 fully saturated rings. The summed E-state index contributed by atoms with van der Waals surface area (Å²) in [6.45, 7) is 2.24. The lowest BCUT2D eigenvalue weighted by Gasteiger charge is -2.24. The van der Waals surface area contributed by atoms with Crippen LogP contribution in [-0.4, -0.2) is 11.9 Å². The van der Waals surface area contributed by atoms with E-state index >= 15 is 0 Å². The molecule has 0 unspecified atom stereocenters. The van der Waals surface area contributed by atoms with Gasteiger partial charge in [0, 0.05) is 0 Å². The van der Waals surface area contributed by atoms with E-state index in [4.69, 9.17) is 9.47 Å². The fourth-order valence-corrected chi connectivity index (χ4v) is 4.66. The number of esters is 2. The smallest absolute Gasteiger partial charge is 0.314 e. The number of benzene rings is 2. The van der Waals surface area contributed by atoms with Crippen LogP contribution >= 0.6 is 0 Å². The standard InChI is InChI=1S/C25H30O4/c1-17-13-15-20(16-14-17)25(27)29-22-12-6-10-18-9-5-11-21(23(18)22)28-24(26)19-7-3-2-4-8-19/h5-6,9-12,17,19-20H,2-4,7-8,13-16H2,1H3. The molecule has 4 heteroatoms. The van der Waals surface area contributed by atoms with Crippen molar-refractivity contribution in [3.63, 3.8) is 0 Å². The summed E-state index contributed by atoms with van der Waals surface area (Å²) in [5.74, 6) is 1.24. The molecule has 0 atom stereocenters. The van der Waals surface area contributed by atoms with Gasteiger partial charge in [0.05, 0.1) is 17.2 Å². The lowest BCUT2D eigenvalue weighted by molar-refractivity contribution is -0.140. The lowest BCUT2D eigenvalue weighted by atomic mass is 9.83. The first-order valence-electron chi connectivity index (χ1n) is 11.1. The second-order valence-electron chi connectivity index (χ2n) is 8.74. The van der Waals surface area contributed by atoms with Gasteiger partial charge >= 0.3 is 11.9 Å². The summed E-state index contributed by atoms with van der Waals surface area (Å²) in [6.07, 6.45) is 9.05. The molecule has 0 spiro atoms. The topological polar surface area (TPSA) is 52.6 Å². The molecule has 2 aliphatic carbocycles. The number of ether oxygens (including phenoxy) is 2. The van der Waals surface area contributed by atoms with Gasteiger partial charge < -0.3 is 9.47 Å². The highest BCUT2D eigenvalue weighted by atomic mass is 16.5. The maximum atomic E-state index is 12.8. The first kappa shape index (κ1) is 19.9. The molecule has 4 rings (SSSR count). The molecule has 29 heavy (non-hydrogen) atoms. The molecule has 2 aromatic carbocycles. The van der Waals surface area contributed by atoms with Crippen LogP contribution in [0.5, 0.6) is 11.5 Å². The summed E-state index contributed by atoms with van der Waals surface area (Å²) in [5.41, 5.74) is 0. The van der Waals surface area contributed by atoms with Gasteiger partial charge in [0.15, 0.2) is 0 Å². The Kier molecular flexibility index (Phi) is 6.17. The highest BCUT2D eigenvalue weighted by Crippen LogP contribution is 2.37. The number of hydrogen-bond donors (Lipinski definition) is 0. The minimum atomic E-state index is -0.169. The normalized spacial score (nSPS) is 22.9. The van der Waals surface area contributed by atoms with E-state index in [1.807, 2.05) is 24.3 Å². The van der Waals surface area contributed by atoms with E-state index in [0.29, 0.717) is 22.8 Å². The number of hydrogen-bond acceptors (Lipinski definition) is 4. The Bertz CT molecular complexity index is 868. The van der Waals surface area contributed by atoms with E-state index in [1.54, 1.807) is 12.1 Å². The molecule has 0 aromatic heterocycles. The van der Waals surface area contributed by atoms with E-state index in [-0.39, 0.29) is 23.8 Å². The molecule has 0 heterocycles. The molecular formula is C25H30O4. The minimum absolute atomic E-state index is 0.0297. The van der Waals surface area contributed by atoms with Crippen LogP contribution < -0.4 is 9.47 Å². The van der Waals surface area contributed by atoms with Crippen LogP contribution in [0, 0.1) is 17.8 Å². The van der Waals surface area contributed by atoms with E-state index in [1.165, 1.54) is 6.42 Å². The Morgan fingerprint density at radius 3 is 1.79 bits per heavy atom. The average molecular weight is 395 g/mol. The number of rotatable bonds is 4. The molecule has 0 saturated heterocycles. The van der Waals surface area contributed by atoms with E-state index in [0.717, 1.165) is 56.8 Å². The molecule has 0 radical (unpaired) electrons. The minimum Gasteiger partial charge on any atom is -0.426 e. The molecule has 0 bridgehead atoms. The van der Waals surface area contributed by atoms with Crippen molar-refractivity contribution >= 4 is 22.7 Å². The predicted octanol–water partition coefficient (Wildman–Crippen LogP) is 6.06. The third kappa shape index (κ3) is 4.63. The van der Waals surface area contributed by atoms with Gasteiger partial charge in [-0.1, -0.05) is 50.5 Å². The van der Waals surface area contributed by atoms with Gasteiger partial charge in [-0.25, -0.2) is 0 Å². The Morgan fingerprint density at radius 2 is 1.24 bits per heavy atom. The summed E-state index contributed by atoms with van der Waals surface area (Å²) in [6, 6.07) is 11.2. The first-order chi connectivity index (χ1) is 14.1. The van der Waals surface area contributed by atoms with Gasteiger partial charge in [-0.2, -0.15) is 0 Å². The highest BCUT2D eigenvalue weighted by Gasteiger charge is 2.27. The summed E-state index contributed by atoms with van der Waals surface area (Å²) >= 11 is 0. The van der Waals surface area contributed by atoms with Gasteiger partial charge in [-0.3, -0.25) is 9.59 Å². The molecule has 4 nitrogen and oxygen atoms in total. The van der Waals surface area contributed by atoms with Crippen molar-refractivity contribution in [2.45, 2.75) is 64.7 Å². The quantitative estimate of drug-likeness (QED) is 0.467. The van der Waals surface area contributed by atoms with Crippen molar-refractivity contribution in [2.24, 2.45) is 17.8 Å². The van der Waals surface area contributed by atoms with Gasteiger partial charge in [0.25, 0.3) is 0 Å². The molecule has 0 aliphatic heterocycles. The Balaban J connectivity index is 1.56. The molecule has 2 aromatic rings. The van der Waals surface area contributed by atoms with Crippen LogP contribution in [0.4, 0.5) is 0 Å². The average Bonchev–Trinajstić information content (AvgIpc) is 2.75. The van der Waals surface area contributed by atoms with Crippen LogP contribution in [0.1, 0.15) is 64.7 Å². The van der Waals surface area contributed by atoms with Crippen molar-refractivity contribution in [3.05, 3.63) is 36.4 Å². The van der Waals surface area contributed by atoms with Crippen LogP contribution in [0.25, 0.3) is 10.8 Å². The summed E-state index contributed by atoms with van der Waals surface area (Å²) < 4.78 is 11.7. The van der Waals surface area contributed by atoms with Crippen LogP contribution in [0.15, 0.2) is 36.4 Å². The zero-order valence-electron chi connectivity index (χ0n) is 17.2. The maximum Gasteiger partial charge on any atom is 0.314 e. The molecule has 2 aliphatic rings. The molecule has 2 saturated carbocycles. The zero-order chi connectivity index (χ0) is 20.2. The predicted molar refractivity (Wildman–Crippen MR) is 113 cm³/mol. The summed E-state index contributed by atoms with van der Waals surface area (Å²) in [7, 11) is 0. The Labute approximate surface area is 172 Å². The highest BCUT2D eigenvalue weighted by molar-refractivity contribution is 5.97. The largest absolute Gasteiger partial charge is 0.426 e. The summed E-state index contributed by atoms with van der Waals surface area (Å²) in [4.78, 5) is 25.5. The second kappa shape index (κ2) is 8.98. The van der Waals surface area contributed by atoms with Crippen LogP contribution in [0.2, 0.25) is 0 Å². The fourth-order valence-electron chi connectivity index (χ4n) is 4.66. The SMILES string of the molecule is CC1CCC(C(=O)Oc2cccc3cccc(OC(=O)C4CCCCC4)c23)CC1. The van der Waals surface area contributed by atoms with Crippen molar-refractivity contribution in [1.82, 2.24) is 0 Å². The third-order valence-electron chi connectivity index (χ3n) is 6.54. The van der Waals surface area contributed by atoms with Gasteiger partial charge in [0.2, 0.25) is 0 Å². The van der Waals surface area contributed by atoms with E-state index in [9.17, 15) is 9.59 Å². The number of fused-ring (bicyclic) bond motifs is 1. The summed E-state index contributed by atoms with van der Waals surface area (Å²) in [5, 5.41) is 1.61. The lowest BCUT2D eigenvalue weighted by Crippen LogP contribution is -2.25. The Morgan fingerprint density at radius 1 is 0.724 bits per heavy atom. The van der Waals surface area contributed by atoms with E-state index < -0.39 is 0 Å². The monoisotopic (exact) mass is 394 g/mol. The zero-order valence-corrected chi connectivity index (χ0v) is 17.2. The molecule has 0 N–H and O–H groups in total. The van der Waals surface area contributed by atoms with Crippen LogP contribution in [-0.2, 0) is 9.59 Å². The van der Waals surface area contributed by atoms with Crippen molar-refractivity contribution in [2.75, 3.05) is 0 Å². The number of carbonyl (C=O) groups is 2. The third-order valence-corrected chi connectivity index (χ3v) is 6.54. The second-order valence-corrected chi connectivity index (χ2v) is 8.74. The number of carbonyl (C=O) groups excluding carboxylic acids is 2. The van der Waals surface area contributed by atoms with Crippen molar-refractivity contribution in [1.29, 1.82) is 0 Å². The molecule has 154 valence electrons. The maximum absolute atomic E-state index is 12.8. The molecule has 0 amide bonds. The van der Waals surface area contributed by atoms with Gasteiger partial charge in [0.1, 0.15) is 11.5 Å². The van der Waals surface area contributed by atoms with Gasteiger partial charge in [-0.15, -0.1) is 0 Å². The van der Waals surface area contributed by atoms with E-state index in [2.05, 4.69) is 6.92 Å². The van der Waals surface area contributed by atoms with Crippen molar-refractivity contribution < 1.29 is 19.1 Å². The van der Waals surface area contributed by atoms with Crippen molar-refractivity contribution in [3.8, 4) is 11.5 Å². The first-order valence-corrected chi connectivity index (χ1v) is 11.1. The fraction of sp³-hybridized carbons (Fsp3) is 0.520.